The third-order valence-electron chi connectivity index (χ3n) is 4.12. The van der Waals surface area contributed by atoms with Crippen LogP contribution >= 0.6 is 0 Å². The predicted molar refractivity (Wildman–Crippen MR) is 84.2 cm³/mol. The van der Waals surface area contributed by atoms with Gasteiger partial charge in [0.15, 0.2) is 9.84 Å². The molecular weight excluding hydrogens is 286 g/mol. The largest absolute Gasteiger partial charge is 0.507 e. The second-order valence-corrected chi connectivity index (χ2v) is 7.94. The zero-order valence-electron chi connectivity index (χ0n) is 11.9. The van der Waals surface area contributed by atoms with Gasteiger partial charge < -0.3 is 10.4 Å². The number of fused-ring (bicyclic) bond motifs is 1. The van der Waals surface area contributed by atoms with Crippen molar-refractivity contribution in [1.82, 2.24) is 5.32 Å². The van der Waals surface area contributed by atoms with Crippen molar-refractivity contribution in [1.29, 1.82) is 0 Å². The Morgan fingerprint density at radius 2 is 2.00 bits per heavy atom. The van der Waals surface area contributed by atoms with Gasteiger partial charge in [-0.1, -0.05) is 36.4 Å². The standard InChI is InChI=1S/C16H19NO3S/c1-11(17-13-8-9-21(19,20)10-13)14-7-6-12-4-2-3-5-15(12)16(14)18/h2-7,11,13,17-18H,8-10H2,1H3. The number of hydrogen-bond donors (Lipinski definition) is 2. The van der Waals surface area contributed by atoms with Gasteiger partial charge in [-0.25, -0.2) is 8.42 Å². The Kier molecular flexibility index (Phi) is 3.63. The summed E-state index contributed by atoms with van der Waals surface area (Å²) in [6, 6.07) is 11.4. The fourth-order valence-electron chi connectivity index (χ4n) is 2.99. The van der Waals surface area contributed by atoms with Crippen LogP contribution in [0.2, 0.25) is 0 Å². The normalized spacial score (nSPS) is 22.4. The van der Waals surface area contributed by atoms with Gasteiger partial charge >= 0.3 is 0 Å². The van der Waals surface area contributed by atoms with Crippen molar-refractivity contribution in [3.8, 4) is 5.75 Å². The maximum Gasteiger partial charge on any atom is 0.151 e. The molecule has 4 nitrogen and oxygen atoms in total. The number of nitrogens with one attached hydrogen (secondary N) is 1. The smallest absolute Gasteiger partial charge is 0.151 e. The summed E-state index contributed by atoms with van der Waals surface area (Å²) in [5, 5.41) is 15.6. The molecule has 1 aliphatic heterocycles. The summed E-state index contributed by atoms with van der Waals surface area (Å²) in [7, 11) is -2.89. The van der Waals surface area contributed by atoms with E-state index in [-0.39, 0.29) is 29.3 Å². The Hall–Kier alpha value is -1.59. The van der Waals surface area contributed by atoms with Gasteiger partial charge in [-0.2, -0.15) is 0 Å². The van der Waals surface area contributed by atoms with Gasteiger partial charge in [-0.3, -0.25) is 0 Å². The van der Waals surface area contributed by atoms with Crippen molar-refractivity contribution in [3.05, 3.63) is 42.0 Å². The van der Waals surface area contributed by atoms with Crippen molar-refractivity contribution >= 4 is 20.6 Å². The number of benzene rings is 2. The molecule has 1 heterocycles. The highest BCUT2D eigenvalue weighted by atomic mass is 32.2. The zero-order chi connectivity index (χ0) is 15.0. The van der Waals surface area contributed by atoms with Gasteiger partial charge in [-0.15, -0.1) is 0 Å². The number of rotatable bonds is 3. The molecule has 0 radical (unpaired) electrons. The van der Waals surface area contributed by atoms with E-state index in [2.05, 4.69) is 5.32 Å². The molecule has 5 heteroatoms. The predicted octanol–water partition coefficient (Wildman–Crippen LogP) is 2.38. The maximum absolute atomic E-state index is 11.5. The lowest BCUT2D eigenvalue weighted by atomic mass is 10.0. The van der Waals surface area contributed by atoms with E-state index < -0.39 is 9.84 Å². The Morgan fingerprint density at radius 1 is 1.24 bits per heavy atom. The average Bonchev–Trinajstić information content (AvgIpc) is 2.78. The first-order chi connectivity index (χ1) is 9.96. The van der Waals surface area contributed by atoms with Gasteiger partial charge in [0.05, 0.1) is 11.5 Å². The molecule has 2 N–H and O–H groups in total. The maximum atomic E-state index is 11.5. The summed E-state index contributed by atoms with van der Waals surface area (Å²) in [4.78, 5) is 0. The number of phenols is 1. The van der Waals surface area contributed by atoms with E-state index in [0.29, 0.717) is 6.42 Å². The molecule has 0 aromatic heterocycles. The summed E-state index contributed by atoms with van der Waals surface area (Å²) < 4.78 is 23.0. The fourth-order valence-corrected chi connectivity index (χ4v) is 4.68. The minimum Gasteiger partial charge on any atom is -0.507 e. The number of aromatic hydroxyl groups is 1. The lowest BCUT2D eigenvalue weighted by Gasteiger charge is -2.20. The van der Waals surface area contributed by atoms with Crippen LogP contribution in [0.15, 0.2) is 36.4 Å². The van der Waals surface area contributed by atoms with E-state index in [0.717, 1.165) is 16.3 Å². The topological polar surface area (TPSA) is 66.4 Å². The molecule has 1 saturated heterocycles. The van der Waals surface area contributed by atoms with E-state index in [4.69, 9.17) is 0 Å². The number of sulfone groups is 1. The molecule has 0 spiro atoms. The van der Waals surface area contributed by atoms with Gasteiger partial charge in [0, 0.05) is 23.0 Å². The number of hydrogen-bond acceptors (Lipinski definition) is 4. The van der Waals surface area contributed by atoms with Crippen LogP contribution in [0.3, 0.4) is 0 Å². The summed E-state index contributed by atoms with van der Waals surface area (Å²) in [5.41, 5.74) is 0.804. The minimum atomic E-state index is -2.89. The van der Waals surface area contributed by atoms with E-state index in [1.54, 1.807) is 0 Å². The summed E-state index contributed by atoms with van der Waals surface area (Å²) in [5.74, 6) is 0.709. The van der Waals surface area contributed by atoms with E-state index in [1.165, 1.54) is 0 Å². The van der Waals surface area contributed by atoms with Crippen molar-refractivity contribution in [2.24, 2.45) is 0 Å². The van der Waals surface area contributed by atoms with Crippen LogP contribution in [0.1, 0.15) is 24.9 Å². The summed E-state index contributed by atoms with van der Waals surface area (Å²) in [6.45, 7) is 1.95. The second-order valence-electron chi connectivity index (χ2n) is 5.71. The van der Waals surface area contributed by atoms with E-state index >= 15 is 0 Å². The molecular formula is C16H19NO3S. The fraction of sp³-hybridized carbons (Fsp3) is 0.375. The first-order valence-corrected chi connectivity index (χ1v) is 8.95. The third-order valence-corrected chi connectivity index (χ3v) is 5.88. The second kappa shape index (κ2) is 5.31. The van der Waals surface area contributed by atoms with Crippen LogP contribution in [0.5, 0.6) is 5.75 Å². The molecule has 0 bridgehead atoms. The van der Waals surface area contributed by atoms with Crippen LogP contribution < -0.4 is 5.32 Å². The highest BCUT2D eigenvalue weighted by molar-refractivity contribution is 7.91. The Labute approximate surface area is 124 Å². The van der Waals surface area contributed by atoms with E-state index in [1.807, 2.05) is 43.3 Å². The molecule has 21 heavy (non-hydrogen) atoms. The lowest BCUT2D eigenvalue weighted by molar-refractivity contribution is 0.440. The lowest BCUT2D eigenvalue weighted by Crippen LogP contribution is -2.32. The van der Waals surface area contributed by atoms with Crippen LogP contribution in [0.4, 0.5) is 0 Å². The third kappa shape index (κ3) is 2.89. The van der Waals surface area contributed by atoms with Crippen molar-refractivity contribution in [3.63, 3.8) is 0 Å². The SMILES string of the molecule is CC(NC1CCS(=O)(=O)C1)c1ccc2ccccc2c1O. The van der Waals surface area contributed by atoms with Gasteiger partial charge in [0.1, 0.15) is 5.75 Å². The molecule has 1 fully saturated rings. The van der Waals surface area contributed by atoms with Crippen molar-refractivity contribution in [2.75, 3.05) is 11.5 Å². The van der Waals surface area contributed by atoms with E-state index in [9.17, 15) is 13.5 Å². The quantitative estimate of drug-likeness (QED) is 0.914. The molecule has 2 aromatic carbocycles. The highest BCUT2D eigenvalue weighted by Gasteiger charge is 2.29. The Bertz CT molecular complexity index is 770. The van der Waals surface area contributed by atoms with Crippen LogP contribution in [0, 0.1) is 0 Å². The number of phenolic OH excluding ortho intramolecular Hbond substituents is 1. The van der Waals surface area contributed by atoms with Gasteiger partial charge in [0.2, 0.25) is 0 Å². The van der Waals surface area contributed by atoms with Crippen LogP contribution in [-0.2, 0) is 9.84 Å². The molecule has 3 rings (SSSR count). The molecule has 112 valence electrons. The summed E-state index contributed by atoms with van der Waals surface area (Å²) in [6.07, 6.45) is 0.640. The molecule has 0 amide bonds. The molecule has 2 unspecified atom stereocenters. The monoisotopic (exact) mass is 305 g/mol. The molecule has 2 aromatic rings. The highest BCUT2D eigenvalue weighted by Crippen LogP contribution is 2.32. The van der Waals surface area contributed by atoms with Crippen molar-refractivity contribution < 1.29 is 13.5 Å². The first-order valence-electron chi connectivity index (χ1n) is 7.13. The molecule has 0 saturated carbocycles. The molecule has 0 aliphatic carbocycles. The minimum absolute atomic E-state index is 0.0316. The summed E-state index contributed by atoms with van der Waals surface area (Å²) >= 11 is 0. The molecule has 1 aliphatic rings. The zero-order valence-corrected chi connectivity index (χ0v) is 12.7. The first kappa shape index (κ1) is 14.4. The van der Waals surface area contributed by atoms with Crippen LogP contribution in [0.25, 0.3) is 10.8 Å². The average molecular weight is 305 g/mol. The van der Waals surface area contributed by atoms with Crippen LogP contribution in [-0.4, -0.2) is 31.1 Å². The van der Waals surface area contributed by atoms with Crippen molar-refractivity contribution in [2.45, 2.75) is 25.4 Å². The Morgan fingerprint density at radius 3 is 2.71 bits per heavy atom. The Balaban J connectivity index is 1.85. The van der Waals surface area contributed by atoms with Gasteiger partial charge in [0.25, 0.3) is 0 Å². The molecule has 2 atom stereocenters. The van der Waals surface area contributed by atoms with Gasteiger partial charge in [-0.05, 0) is 18.7 Å².